The minimum Gasteiger partial charge on any atom is -0.444 e. The number of anilines is 2. The average molecular weight is 609 g/mol. The number of likely N-dealkylation sites (tertiary alicyclic amines) is 1. The minimum absolute atomic E-state index is 0.0437. The third-order valence-corrected chi connectivity index (χ3v) is 7.29. The van der Waals surface area contributed by atoms with Crippen LogP contribution >= 0.6 is 22.9 Å². The molecule has 3 aromatic heterocycles. The van der Waals surface area contributed by atoms with E-state index in [1.54, 1.807) is 39.1 Å². The summed E-state index contributed by atoms with van der Waals surface area (Å²) in [5, 5.41) is 10.8. The first-order valence-electron chi connectivity index (χ1n) is 12.3. The van der Waals surface area contributed by atoms with Crippen molar-refractivity contribution in [3.05, 3.63) is 47.1 Å². The lowest BCUT2D eigenvalue weighted by molar-refractivity contribution is -0.137. The van der Waals surface area contributed by atoms with Crippen molar-refractivity contribution in [2.75, 3.05) is 17.6 Å². The molecule has 0 unspecified atom stereocenters. The smallest absolute Gasteiger partial charge is 0.417 e. The van der Waals surface area contributed by atoms with Gasteiger partial charge in [-0.15, -0.1) is 5.10 Å². The second-order valence-corrected chi connectivity index (χ2v) is 11.8. The van der Waals surface area contributed by atoms with E-state index in [2.05, 4.69) is 25.6 Å². The molecular weight excluding hydrogens is 585 g/mol. The summed E-state index contributed by atoms with van der Waals surface area (Å²) in [7, 11) is 0. The lowest BCUT2D eigenvalue weighted by atomic mass is 10.1. The predicted molar refractivity (Wildman–Crippen MR) is 146 cm³/mol. The normalized spacial score (nSPS) is 17.7. The monoisotopic (exact) mass is 608 g/mol. The van der Waals surface area contributed by atoms with Crippen LogP contribution in [0.2, 0.25) is 5.02 Å². The fraction of sp³-hybridized carbons (Fsp3) is 0.360. The van der Waals surface area contributed by atoms with Crippen molar-refractivity contribution in [1.29, 1.82) is 0 Å². The van der Waals surface area contributed by atoms with Crippen molar-refractivity contribution in [3.8, 4) is 11.4 Å². The molecule has 1 saturated heterocycles. The van der Waals surface area contributed by atoms with Crippen LogP contribution in [0.5, 0.6) is 0 Å². The summed E-state index contributed by atoms with van der Waals surface area (Å²) in [6.45, 7) is 5.10. The Morgan fingerprint density at radius 2 is 1.90 bits per heavy atom. The van der Waals surface area contributed by atoms with E-state index >= 15 is 0 Å². The molecule has 1 aliphatic rings. The molecule has 1 aromatic carbocycles. The molecule has 1 aliphatic heterocycles. The molecule has 41 heavy (non-hydrogen) atoms. The first-order valence-corrected chi connectivity index (χ1v) is 13.5. The van der Waals surface area contributed by atoms with E-state index in [0.717, 1.165) is 12.1 Å². The van der Waals surface area contributed by atoms with Gasteiger partial charge in [-0.2, -0.15) is 13.2 Å². The highest BCUT2D eigenvalue weighted by Gasteiger charge is 2.43. The number of rotatable bonds is 4. The van der Waals surface area contributed by atoms with Crippen molar-refractivity contribution < 1.29 is 27.5 Å². The summed E-state index contributed by atoms with van der Waals surface area (Å²) < 4.78 is 47.0. The molecule has 2 amide bonds. The second-order valence-electron chi connectivity index (χ2n) is 10.4. The van der Waals surface area contributed by atoms with Crippen LogP contribution in [0.3, 0.4) is 0 Å². The summed E-state index contributed by atoms with van der Waals surface area (Å²) in [5.41, 5.74) is 5.36. The number of aromatic nitrogens is 5. The summed E-state index contributed by atoms with van der Waals surface area (Å²) >= 11 is 6.94. The lowest BCUT2D eigenvalue weighted by Crippen LogP contribution is -2.45. The lowest BCUT2D eigenvalue weighted by Gasteiger charge is -2.28. The minimum atomic E-state index is -4.71. The Bertz CT molecular complexity index is 1630. The van der Waals surface area contributed by atoms with Crippen LogP contribution in [0, 0.1) is 0 Å². The number of amides is 2. The zero-order chi connectivity index (χ0) is 29.7. The van der Waals surface area contributed by atoms with Crippen LogP contribution in [0.1, 0.15) is 38.8 Å². The molecule has 5 rings (SSSR count). The Morgan fingerprint density at radius 1 is 1.15 bits per heavy atom. The fourth-order valence-corrected chi connectivity index (χ4v) is 5.30. The maximum absolute atomic E-state index is 13.3. The Kier molecular flexibility index (Phi) is 7.27. The Balaban J connectivity index is 1.39. The number of ether oxygens (including phenoxy) is 1. The summed E-state index contributed by atoms with van der Waals surface area (Å²) in [6.07, 6.45) is -3.71. The largest absolute Gasteiger partial charge is 0.444 e. The van der Waals surface area contributed by atoms with Crippen LogP contribution in [0.25, 0.3) is 21.7 Å². The van der Waals surface area contributed by atoms with E-state index in [1.807, 2.05) is 0 Å². The number of nitrogens with zero attached hydrogens (tertiary/aromatic N) is 6. The van der Waals surface area contributed by atoms with Gasteiger partial charge in [0, 0.05) is 18.7 Å². The van der Waals surface area contributed by atoms with E-state index < -0.39 is 46.4 Å². The van der Waals surface area contributed by atoms with Crippen LogP contribution in [0.15, 0.2) is 36.5 Å². The highest BCUT2D eigenvalue weighted by atomic mass is 35.5. The van der Waals surface area contributed by atoms with Gasteiger partial charge in [0.25, 0.3) is 0 Å². The average Bonchev–Trinajstić information content (AvgIpc) is 3.60. The van der Waals surface area contributed by atoms with Gasteiger partial charge in [-0.3, -0.25) is 9.69 Å². The molecule has 4 aromatic rings. The Labute approximate surface area is 240 Å². The quantitative estimate of drug-likeness (QED) is 0.314. The van der Waals surface area contributed by atoms with Crippen LogP contribution in [-0.2, 0) is 15.7 Å². The van der Waals surface area contributed by atoms with Crippen molar-refractivity contribution >= 4 is 56.1 Å². The third-order valence-electron chi connectivity index (χ3n) is 6.17. The maximum Gasteiger partial charge on any atom is 0.417 e. The number of alkyl halides is 3. The second kappa shape index (κ2) is 10.4. The van der Waals surface area contributed by atoms with Crippen LogP contribution in [-0.4, -0.2) is 60.0 Å². The van der Waals surface area contributed by atoms with E-state index in [-0.39, 0.29) is 18.7 Å². The highest BCUT2D eigenvalue weighted by Crippen LogP contribution is 2.37. The van der Waals surface area contributed by atoms with Crippen LogP contribution < -0.4 is 11.1 Å². The van der Waals surface area contributed by atoms with Crippen molar-refractivity contribution in [1.82, 2.24) is 29.9 Å². The number of nitrogens with one attached hydrogen (secondary N) is 1. The van der Waals surface area contributed by atoms with E-state index in [1.165, 1.54) is 27.0 Å². The van der Waals surface area contributed by atoms with Gasteiger partial charge in [0.1, 0.15) is 27.7 Å². The number of pyridine rings is 1. The number of carbonyl (C=O) groups is 2. The molecule has 11 nitrogen and oxygen atoms in total. The molecule has 0 saturated carbocycles. The van der Waals surface area contributed by atoms with E-state index in [9.17, 15) is 22.8 Å². The van der Waals surface area contributed by atoms with E-state index in [0.29, 0.717) is 26.9 Å². The van der Waals surface area contributed by atoms with Gasteiger partial charge in [0.05, 0.1) is 28.5 Å². The van der Waals surface area contributed by atoms with Crippen molar-refractivity contribution in [3.63, 3.8) is 0 Å². The number of hydrogen-bond donors (Lipinski definition) is 2. The fourth-order valence-electron chi connectivity index (χ4n) is 4.37. The molecule has 0 radical (unpaired) electrons. The molecule has 0 bridgehead atoms. The maximum atomic E-state index is 13.3. The first-order chi connectivity index (χ1) is 19.2. The first kappa shape index (κ1) is 28.5. The molecule has 1 fully saturated rings. The molecule has 216 valence electrons. The number of nitrogen functional groups attached to an aromatic ring is 1. The Hall–Kier alpha value is -3.98. The third kappa shape index (κ3) is 6.20. The number of carbonyl (C=O) groups excluding carboxylic acids is 2. The number of benzene rings is 1. The molecule has 0 aliphatic carbocycles. The SMILES string of the molecule is CC(C)(C)OC(=O)N1C[C@@H](n2cc(-c3ccc4nc(N)sc4n3)nn2)C[C@H]1C(=O)Nc1ccc(Cl)c(C(F)(F)F)c1. The standard InChI is InChI=1S/C25H24ClF3N8O3S/c1-24(2,3)40-23(39)36-10-13(9-19(36)20(38)31-12-4-5-15(26)14(8-12)25(27,28)29)37-11-18(34-35-37)16-6-7-17-21(32-16)41-22(30)33-17/h4-8,11,13,19H,9-10H2,1-3H3,(H2,30,33)(H,31,38)/t13-,19-/m0/s1. The number of nitrogens with two attached hydrogens (primary N) is 1. The summed E-state index contributed by atoms with van der Waals surface area (Å²) in [4.78, 5) is 37.0. The molecule has 3 N–H and O–H groups in total. The summed E-state index contributed by atoms with van der Waals surface area (Å²) in [5.74, 6) is -0.691. The highest BCUT2D eigenvalue weighted by molar-refractivity contribution is 7.21. The van der Waals surface area contributed by atoms with Crippen molar-refractivity contribution in [2.24, 2.45) is 0 Å². The van der Waals surface area contributed by atoms with Crippen LogP contribution in [0.4, 0.5) is 28.8 Å². The van der Waals surface area contributed by atoms with E-state index in [4.69, 9.17) is 22.1 Å². The zero-order valence-corrected chi connectivity index (χ0v) is 23.5. The molecule has 16 heteroatoms. The topological polar surface area (TPSA) is 141 Å². The van der Waals surface area contributed by atoms with Gasteiger partial charge in [-0.05, 0) is 51.1 Å². The molecular formula is C25H24ClF3N8O3S. The van der Waals surface area contributed by atoms with Gasteiger partial charge in [0.2, 0.25) is 5.91 Å². The summed E-state index contributed by atoms with van der Waals surface area (Å²) in [6, 6.07) is 4.99. The van der Waals surface area contributed by atoms with Gasteiger partial charge in [0.15, 0.2) is 5.13 Å². The molecule has 4 heterocycles. The van der Waals surface area contributed by atoms with Gasteiger partial charge in [-0.25, -0.2) is 19.4 Å². The van der Waals surface area contributed by atoms with Gasteiger partial charge >= 0.3 is 12.3 Å². The number of fused-ring (bicyclic) bond motifs is 1. The van der Waals surface area contributed by atoms with Gasteiger partial charge in [-0.1, -0.05) is 28.2 Å². The molecule has 0 spiro atoms. The zero-order valence-electron chi connectivity index (χ0n) is 21.9. The number of thiazole rings is 1. The Morgan fingerprint density at radius 3 is 2.61 bits per heavy atom. The van der Waals surface area contributed by atoms with Crippen molar-refractivity contribution in [2.45, 2.75) is 51.1 Å². The number of halogens is 4. The number of hydrogen-bond acceptors (Lipinski definition) is 9. The predicted octanol–water partition coefficient (Wildman–Crippen LogP) is 5.39. The molecule has 2 atom stereocenters. The van der Waals surface area contributed by atoms with Gasteiger partial charge < -0.3 is 15.8 Å².